The first-order valence-electron chi connectivity index (χ1n) is 8.46. The van der Waals surface area contributed by atoms with Gasteiger partial charge in [0, 0.05) is 32.6 Å². The van der Waals surface area contributed by atoms with Gasteiger partial charge in [0.05, 0.1) is 17.7 Å². The van der Waals surface area contributed by atoms with Crippen molar-refractivity contribution < 1.29 is 17.9 Å². The Morgan fingerprint density at radius 2 is 1.93 bits per heavy atom. The molecule has 1 aliphatic heterocycles. The van der Waals surface area contributed by atoms with Gasteiger partial charge in [0.15, 0.2) is 0 Å². The van der Waals surface area contributed by atoms with E-state index in [1.54, 1.807) is 42.8 Å². The fourth-order valence-electron chi connectivity index (χ4n) is 3.36. The van der Waals surface area contributed by atoms with E-state index in [4.69, 9.17) is 4.74 Å². The Balaban J connectivity index is 1.87. The van der Waals surface area contributed by atoms with Gasteiger partial charge >= 0.3 is 0 Å². The van der Waals surface area contributed by atoms with Crippen LogP contribution in [-0.2, 0) is 14.6 Å². The highest BCUT2D eigenvalue weighted by atomic mass is 79.9. The van der Waals surface area contributed by atoms with Gasteiger partial charge in [-0.05, 0) is 30.3 Å². The number of hydrogen-bond acceptors (Lipinski definition) is 5. The van der Waals surface area contributed by atoms with E-state index in [2.05, 4.69) is 21.2 Å². The maximum atomic E-state index is 13.1. The summed E-state index contributed by atoms with van der Waals surface area (Å²) in [4.78, 5) is 13.6. The van der Waals surface area contributed by atoms with Gasteiger partial charge in [0.1, 0.15) is 10.6 Å². The normalized spacial score (nSPS) is 16.4. The molecule has 144 valence electrons. The summed E-state index contributed by atoms with van der Waals surface area (Å²) in [6, 6.07) is 13.8. The molecular formula is C20H16BrNO4S2. The third-order valence-electron chi connectivity index (χ3n) is 4.67. The Hall–Kier alpha value is -2.16. The molecule has 1 atom stereocenters. The van der Waals surface area contributed by atoms with Crippen LogP contribution in [-0.4, -0.2) is 21.4 Å². The first-order valence-corrected chi connectivity index (χ1v) is 11.6. The third kappa shape index (κ3) is 3.25. The standard InChI is InChI=1S/C20H16BrNO4S2/c1-26-16-8-7-12(21)9-14(16)15-10-18(23)22-19-17(11-27-20(15)19)28(24,25)13-5-3-2-4-6-13/h2-9,11,15H,10H2,1H3,(H,22,23)/t15-/m1/s1. The molecule has 5 nitrogen and oxygen atoms in total. The molecule has 0 radical (unpaired) electrons. The van der Waals surface area contributed by atoms with Gasteiger partial charge in [0.25, 0.3) is 0 Å². The van der Waals surface area contributed by atoms with Gasteiger partial charge in [-0.2, -0.15) is 0 Å². The molecule has 0 bridgehead atoms. The largest absolute Gasteiger partial charge is 0.496 e. The molecule has 0 spiro atoms. The summed E-state index contributed by atoms with van der Waals surface area (Å²) in [6.45, 7) is 0. The highest BCUT2D eigenvalue weighted by molar-refractivity contribution is 9.10. The zero-order valence-electron chi connectivity index (χ0n) is 14.8. The molecule has 2 aromatic carbocycles. The fourth-order valence-corrected chi connectivity index (χ4v) is 6.66. The van der Waals surface area contributed by atoms with Crippen molar-refractivity contribution in [2.45, 2.75) is 22.1 Å². The van der Waals surface area contributed by atoms with E-state index in [0.29, 0.717) is 11.4 Å². The summed E-state index contributed by atoms with van der Waals surface area (Å²) in [5, 5.41) is 4.38. The van der Waals surface area contributed by atoms with Crippen LogP contribution in [0.25, 0.3) is 0 Å². The van der Waals surface area contributed by atoms with E-state index in [1.165, 1.54) is 11.3 Å². The van der Waals surface area contributed by atoms with Crippen LogP contribution < -0.4 is 10.1 Å². The molecule has 0 unspecified atom stereocenters. The van der Waals surface area contributed by atoms with Crippen LogP contribution in [0.15, 0.2) is 68.2 Å². The molecule has 4 rings (SSSR count). The monoisotopic (exact) mass is 477 g/mol. The second kappa shape index (κ2) is 7.35. The van der Waals surface area contributed by atoms with Crippen molar-refractivity contribution in [3.63, 3.8) is 0 Å². The zero-order chi connectivity index (χ0) is 19.9. The second-order valence-electron chi connectivity index (χ2n) is 6.35. The highest BCUT2D eigenvalue weighted by Gasteiger charge is 2.35. The molecule has 8 heteroatoms. The van der Waals surface area contributed by atoms with Crippen LogP contribution in [0.3, 0.4) is 0 Å². The number of carbonyl (C=O) groups is 1. The summed E-state index contributed by atoms with van der Waals surface area (Å²) in [7, 11) is -2.16. The minimum absolute atomic E-state index is 0.130. The van der Waals surface area contributed by atoms with Crippen molar-refractivity contribution in [2.24, 2.45) is 0 Å². The van der Waals surface area contributed by atoms with Crippen molar-refractivity contribution in [3.05, 3.63) is 68.8 Å². The van der Waals surface area contributed by atoms with Crippen LogP contribution in [0.2, 0.25) is 0 Å². The maximum Gasteiger partial charge on any atom is 0.225 e. The number of carbonyl (C=O) groups excluding carboxylic acids is 1. The Morgan fingerprint density at radius 1 is 1.18 bits per heavy atom. The molecule has 28 heavy (non-hydrogen) atoms. The number of thiophene rings is 1. The van der Waals surface area contributed by atoms with Crippen LogP contribution in [0.5, 0.6) is 5.75 Å². The summed E-state index contributed by atoms with van der Waals surface area (Å²) in [5.74, 6) is 0.165. The highest BCUT2D eigenvalue weighted by Crippen LogP contribution is 2.48. The average Bonchev–Trinajstić information content (AvgIpc) is 3.12. The number of amides is 1. The van der Waals surface area contributed by atoms with Gasteiger partial charge in [-0.3, -0.25) is 4.79 Å². The summed E-state index contributed by atoms with van der Waals surface area (Å²) >= 11 is 4.80. The van der Waals surface area contributed by atoms with E-state index in [-0.39, 0.29) is 28.0 Å². The number of benzene rings is 2. The maximum absolute atomic E-state index is 13.1. The van der Waals surface area contributed by atoms with E-state index in [9.17, 15) is 13.2 Å². The summed E-state index contributed by atoms with van der Waals surface area (Å²) < 4.78 is 32.6. The molecule has 3 aromatic rings. The SMILES string of the molecule is COc1ccc(Br)cc1[C@H]1CC(=O)Nc2c(S(=O)(=O)c3ccccc3)csc21. The van der Waals surface area contributed by atoms with Gasteiger partial charge in [-0.25, -0.2) is 8.42 Å². The van der Waals surface area contributed by atoms with Crippen LogP contribution in [0.1, 0.15) is 22.8 Å². The number of halogens is 1. The molecule has 0 saturated carbocycles. The number of rotatable bonds is 4. The second-order valence-corrected chi connectivity index (χ2v) is 10.1. The van der Waals surface area contributed by atoms with Crippen LogP contribution >= 0.6 is 27.3 Å². The van der Waals surface area contributed by atoms with E-state index in [0.717, 1.165) is 14.9 Å². The number of anilines is 1. The zero-order valence-corrected chi connectivity index (χ0v) is 18.0. The number of methoxy groups -OCH3 is 1. The molecule has 1 N–H and O–H groups in total. The number of fused-ring (bicyclic) bond motifs is 1. The fraction of sp³-hybridized carbons (Fsp3) is 0.150. The van der Waals surface area contributed by atoms with E-state index in [1.807, 2.05) is 18.2 Å². The topological polar surface area (TPSA) is 72.5 Å². The predicted molar refractivity (Wildman–Crippen MR) is 112 cm³/mol. The molecule has 0 saturated heterocycles. The first kappa shape index (κ1) is 19.2. The van der Waals surface area contributed by atoms with Crippen molar-refractivity contribution in [1.82, 2.24) is 0 Å². The number of hydrogen-bond donors (Lipinski definition) is 1. The Bertz CT molecular complexity index is 1160. The Kier molecular flexibility index (Phi) is 5.03. The molecule has 1 amide bonds. The van der Waals surface area contributed by atoms with E-state index >= 15 is 0 Å². The van der Waals surface area contributed by atoms with Crippen molar-refractivity contribution >= 4 is 48.7 Å². The lowest BCUT2D eigenvalue weighted by Crippen LogP contribution is -2.23. The number of sulfone groups is 1. The lowest BCUT2D eigenvalue weighted by atomic mass is 9.90. The Labute approximate surface area is 175 Å². The lowest BCUT2D eigenvalue weighted by Gasteiger charge is -2.25. The molecule has 1 aliphatic rings. The molecule has 1 aromatic heterocycles. The first-order chi connectivity index (χ1) is 13.4. The van der Waals surface area contributed by atoms with Gasteiger partial charge in [0.2, 0.25) is 15.7 Å². The van der Waals surface area contributed by atoms with Crippen molar-refractivity contribution in [1.29, 1.82) is 0 Å². The molecule has 2 heterocycles. The number of ether oxygens (including phenoxy) is 1. The Morgan fingerprint density at radius 3 is 2.64 bits per heavy atom. The third-order valence-corrected chi connectivity index (χ3v) is 8.20. The number of nitrogens with one attached hydrogen (secondary N) is 1. The summed E-state index contributed by atoms with van der Waals surface area (Å²) in [5.41, 5.74) is 1.22. The van der Waals surface area contributed by atoms with Crippen molar-refractivity contribution in [2.75, 3.05) is 12.4 Å². The quantitative estimate of drug-likeness (QED) is 0.584. The van der Waals surface area contributed by atoms with Gasteiger partial charge in [-0.15, -0.1) is 11.3 Å². The minimum atomic E-state index is -3.73. The van der Waals surface area contributed by atoms with Crippen LogP contribution in [0.4, 0.5) is 5.69 Å². The molecular weight excluding hydrogens is 462 g/mol. The lowest BCUT2D eigenvalue weighted by molar-refractivity contribution is -0.116. The van der Waals surface area contributed by atoms with Crippen LogP contribution in [0, 0.1) is 0 Å². The van der Waals surface area contributed by atoms with Gasteiger partial charge < -0.3 is 10.1 Å². The molecule has 0 aliphatic carbocycles. The minimum Gasteiger partial charge on any atom is -0.496 e. The summed E-state index contributed by atoms with van der Waals surface area (Å²) in [6.07, 6.45) is 0.227. The smallest absolute Gasteiger partial charge is 0.225 e. The van der Waals surface area contributed by atoms with Crippen molar-refractivity contribution in [3.8, 4) is 5.75 Å². The van der Waals surface area contributed by atoms with E-state index < -0.39 is 9.84 Å². The average molecular weight is 478 g/mol. The predicted octanol–water partition coefficient (Wildman–Crippen LogP) is 4.83. The molecule has 0 fully saturated rings. The van der Waals surface area contributed by atoms with Gasteiger partial charge in [-0.1, -0.05) is 34.1 Å².